The molecule has 3 rings (SSSR count). The Hall–Kier alpha value is -2.61. The van der Waals surface area contributed by atoms with E-state index >= 15 is 0 Å². The van der Waals surface area contributed by atoms with E-state index in [4.69, 9.17) is 4.74 Å². The number of amides is 1. The molecule has 0 unspecified atom stereocenters. The normalized spacial score (nSPS) is 14.6. The van der Waals surface area contributed by atoms with E-state index < -0.39 is 11.4 Å². The Bertz CT molecular complexity index is 787. The van der Waals surface area contributed by atoms with Gasteiger partial charge in [-0.1, -0.05) is 12.1 Å². The fourth-order valence-electron chi connectivity index (χ4n) is 2.49. The van der Waals surface area contributed by atoms with E-state index in [1.54, 1.807) is 17.0 Å². The summed E-state index contributed by atoms with van der Waals surface area (Å²) in [5.74, 6) is -0.461. The predicted octanol–water partition coefficient (Wildman–Crippen LogP) is 0.762. The Morgan fingerprint density at radius 2 is 2.00 bits per heavy atom. The minimum absolute atomic E-state index is 0.0438. The van der Waals surface area contributed by atoms with Crippen molar-refractivity contribution in [3.05, 3.63) is 46.1 Å². The lowest BCUT2D eigenvalue weighted by molar-refractivity contribution is -0.135. The summed E-state index contributed by atoms with van der Waals surface area (Å²) in [6.45, 7) is 2.19. The van der Waals surface area contributed by atoms with Crippen LogP contribution in [0.3, 0.4) is 0 Å². The monoisotopic (exact) mass is 332 g/mol. The number of morpholine rings is 1. The second-order valence-electron chi connectivity index (χ2n) is 5.42. The minimum atomic E-state index is -0.488. The van der Waals surface area contributed by atoms with Crippen LogP contribution in [-0.2, 0) is 16.0 Å². The van der Waals surface area contributed by atoms with Gasteiger partial charge in [0.2, 0.25) is 5.91 Å². The van der Waals surface area contributed by atoms with Crippen molar-refractivity contribution >= 4 is 5.91 Å². The maximum Gasteiger partial charge on any atom is 0.273 e. The number of nitrogens with zero attached hydrogens (tertiary/aromatic N) is 3. The lowest BCUT2D eigenvalue weighted by Gasteiger charge is -2.26. The summed E-state index contributed by atoms with van der Waals surface area (Å²) in [7, 11) is 0. The van der Waals surface area contributed by atoms with Crippen LogP contribution >= 0.6 is 0 Å². The third-order valence-corrected chi connectivity index (χ3v) is 3.83. The van der Waals surface area contributed by atoms with Crippen molar-refractivity contribution in [2.45, 2.75) is 12.8 Å². The van der Waals surface area contributed by atoms with Crippen LogP contribution in [0.25, 0.3) is 11.4 Å². The van der Waals surface area contributed by atoms with Crippen molar-refractivity contribution in [3.8, 4) is 11.4 Å². The number of halogens is 1. The molecule has 1 aliphatic heterocycles. The van der Waals surface area contributed by atoms with Crippen LogP contribution in [0.1, 0.15) is 12.1 Å². The molecule has 0 bridgehead atoms. The van der Waals surface area contributed by atoms with E-state index in [-0.39, 0.29) is 35.8 Å². The molecule has 0 radical (unpaired) electrons. The number of aromatic amines is 1. The number of ether oxygens (including phenoxy) is 1. The second-order valence-corrected chi connectivity index (χ2v) is 5.42. The molecule has 0 atom stereocenters. The van der Waals surface area contributed by atoms with E-state index in [0.717, 1.165) is 0 Å². The van der Waals surface area contributed by atoms with Gasteiger partial charge < -0.3 is 14.6 Å². The average molecular weight is 332 g/mol. The molecular formula is C16H17FN4O3. The zero-order valence-electron chi connectivity index (χ0n) is 13.0. The van der Waals surface area contributed by atoms with Gasteiger partial charge in [0.05, 0.1) is 18.8 Å². The van der Waals surface area contributed by atoms with Gasteiger partial charge in [0.25, 0.3) is 5.56 Å². The SMILES string of the molecule is O=C(CCc1nnc(-c2ccccc2F)[nH]c1=O)N1CCOCC1. The molecule has 2 aromatic rings. The highest BCUT2D eigenvalue weighted by atomic mass is 19.1. The predicted molar refractivity (Wildman–Crippen MR) is 83.8 cm³/mol. The quantitative estimate of drug-likeness (QED) is 0.893. The summed E-state index contributed by atoms with van der Waals surface area (Å²) in [5, 5.41) is 7.73. The van der Waals surface area contributed by atoms with Crippen molar-refractivity contribution < 1.29 is 13.9 Å². The maximum atomic E-state index is 13.7. The largest absolute Gasteiger partial charge is 0.378 e. The zero-order chi connectivity index (χ0) is 16.9. The van der Waals surface area contributed by atoms with E-state index in [1.807, 2.05) is 0 Å². The standard InChI is InChI=1S/C16H17FN4O3/c17-12-4-2-1-3-11(12)15-18-16(23)13(19-20-15)5-6-14(22)21-7-9-24-10-8-21/h1-4H,5-10H2,(H,18,20,23). The Kier molecular flexibility index (Phi) is 4.95. The first-order chi connectivity index (χ1) is 11.6. The topological polar surface area (TPSA) is 88.2 Å². The number of H-pyrrole nitrogens is 1. The molecule has 1 aliphatic rings. The summed E-state index contributed by atoms with van der Waals surface area (Å²) in [5.41, 5.74) is -0.118. The minimum Gasteiger partial charge on any atom is -0.378 e. The molecule has 1 N–H and O–H groups in total. The maximum absolute atomic E-state index is 13.7. The molecule has 24 heavy (non-hydrogen) atoms. The number of benzene rings is 1. The summed E-state index contributed by atoms with van der Waals surface area (Å²) in [6, 6.07) is 5.99. The fraction of sp³-hybridized carbons (Fsp3) is 0.375. The van der Waals surface area contributed by atoms with E-state index in [2.05, 4.69) is 15.2 Å². The molecule has 1 saturated heterocycles. The number of aromatic nitrogens is 3. The van der Waals surface area contributed by atoms with Gasteiger partial charge in [0, 0.05) is 25.9 Å². The molecule has 0 saturated carbocycles. The fourth-order valence-corrected chi connectivity index (χ4v) is 2.49. The molecule has 0 aliphatic carbocycles. The van der Waals surface area contributed by atoms with Crippen molar-refractivity contribution in [3.63, 3.8) is 0 Å². The smallest absolute Gasteiger partial charge is 0.273 e. The molecule has 7 nitrogen and oxygen atoms in total. The number of rotatable bonds is 4. The highest BCUT2D eigenvalue weighted by Crippen LogP contribution is 2.16. The average Bonchev–Trinajstić information content (AvgIpc) is 2.61. The number of hydrogen-bond donors (Lipinski definition) is 1. The number of carbonyl (C=O) groups excluding carboxylic acids is 1. The van der Waals surface area contributed by atoms with E-state index in [0.29, 0.717) is 26.3 Å². The highest BCUT2D eigenvalue weighted by Gasteiger charge is 2.18. The van der Waals surface area contributed by atoms with Crippen LogP contribution in [0.4, 0.5) is 4.39 Å². The van der Waals surface area contributed by atoms with Gasteiger partial charge in [-0.3, -0.25) is 9.59 Å². The molecule has 1 aromatic carbocycles. The van der Waals surface area contributed by atoms with Crippen LogP contribution in [-0.4, -0.2) is 52.3 Å². The first-order valence-electron chi connectivity index (χ1n) is 7.71. The third kappa shape index (κ3) is 3.65. The van der Waals surface area contributed by atoms with Gasteiger partial charge in [0.1, 0.15) is 11.5 Å². The molecule has 2 heterocycles. The Morgan fingerprint density at radius 1 is 1.25 bits per heavy atom. The number of carbonyl (C=O) groups is 1. The van der Waals surface area contributed by atoms with Crippen LogP contribution in [0.15, 0.2) is 29.1 Å². The van der Waals surface area contributed by atoms with Crippen molar-refractivity contribution in [2.75, 3.05) is 26.3 Å². The number of hydrogen-bond acceptors (Lipinski definition) is 5. The van der Waals surface area contributed by atoms with Crippen LogP contribution < -0.4 is 5.56 Å². The first kappa shape index (κ1) is 16.3. The Morgan fingerprint density at radius 3 is 2.71 bits per heavy atom. The molecule has 1 amide bonds. The Labute approximate surface area is 137 Å². The molecule has 0 spiro atoms. The molecule has 1 fully saturated rings. The molecule has 8 heteroatoms. The third-order valence-electron chi connectivity index (χ3n) is 3.83. The molecular weight excluding hydrogens is 315 g/mol. The number of aryl methyl sites for hydroxylation is 1. The molecule has 1 aromatic heterocycles. The zero-order valence-corrected chi connectivity index (χ0v) is 13.0. The number of nitrogens with one attached hydrogen (secondary N) is 1. The molecule has 126 valence electrons. The van der Waals surface area contributed by atoms with Crippen molar-refractivity contribution in [1.82, 2.24) is 20.1 Å². The summed E-state index contributed by atoms with van der Waals surface area (Å²) in [4.78, 5) is 28.4. The van der Waals surface area contributed by atoms with Crippen LogP contribution in [0.5, 0.6) is 0 Å². The van der Waals surface area contributed by atoms with Gasteiger partial charge >= 0.3 is 0 Å². The van der Waals surface area contributed by atoms with Gasteiger partial charge in [0.15, 0.2) is 5.82 Å². The van der Waals surface area contributed by atoms with Crippen LogP contribution in [0, 0.1) is 5.82 Å². The summed E-state index contributed by atoms with van der Waals surface area (Å²) < 4.78 is 18.9. The first-order valence-corrected chi connectivity index (χ1v) is 7.71. The van der Waals surface area contributed by atoms with Crippen molar-refractivity contribution in [1.29, 1.82) is 0 Å². The highest BCUT2D eigenvalue weighted by molar-refractivity contribution is 5.76. The van der Waals surface area contributed by atoms with Crippen molar-refractivity contribution in [2.24, 2.45) is 0 Å². The summed E-state index contributed by atoms with van der Waals surface area (Å²) in [6.07, 6.45) is 0.368. The van der Waals surface area contributed by atoms with Gasteiger partial charge in [-0.2, -0.15) is 0 Å². The summed E-state index contributed by atoms with van der Waals surface area (Å²) >= 11 is 0. The van der Waals surface area contributed by atoms with Gasteiger partial charge in [-0.25, -0.2) is 4.39 Å². The Balaban J connectivity index is 1.68. The lowest BCUT2D eigenvalue weighted by Crippen LogP contribution is -2.41. The van der Waals surface area contributed by atoms with Crippen LogP contribution in [0.2, 0.25) is 0 Å². The van der Waals surface area contributed by atoms with Gasteiger partial charge in [-0.05, 0) is 12.1 Å². The lowest BCUT2D eigenvalue weighted by atomic mass is 10.2. The van der Waals surface area contributed by atoms with E-state index in [9.17, 15) is 14.0 Å². The van der Waals surface area contributed by atoms with Gasteiger partial charge in [-0.15, -0.1) is 10.2 Å². The van der Waals surface area contributed by atoms with E-state index in [1.165, 1.54) is 12.1 Å². The second kappa shape index (κ2) is 7.31.